The normalized spacial score (nSPS) is 12.7. The Hall–Kier alpha value is -3.07. The lowest BCUT2D eigenvalue weighted by Gasteiger charge is -2.25. The summed E-state index contributed by atoms with van der Waals surface area (Å²) in [6.45, 7) is 2.19. The minimum atomic E-state index is -0.462. The Kier molecular flexibility index (Phi) is 6.71. The summed E-state index contributed by atoms with van der Waals surface area (Å²) in [5.41, 5.74) is 1.74. The fourth-order valence-electron chi connectivity index (χ4n) is 3.61. The number of benzene rings is 3. The largest absolute Gasteiger partial charge is 0.286 e. The molecule has 3 aromatic rings. The van der Waals surface area contributed by atoms with Crippen molar-refractivity contribution < 1.29 is 13.9 Å². The predicted molar refractivity (Wildman–Crippen MR) is 123 cm³/mol. The lowest BCUT2D eigenvalue weighted by molar-refractivity contribution is -0.00752. The van der Waals surface area contributed by atoms with Gasteiger partial charge in [-0.2, -0.15) is 4.28 Å². The van der Waals surface area contributed by atoms with Crippen molar-refractivity contribution in [3.05, 3.63) is 77.4 Å². The van der Waals surface area contributed by atoms with Gasteiger partial charge in [-0.25, -0.2) is 0 Å². The Labute approximate surface area is 186 Å². The molecule has 0 fully saturated rings. The summed E-state index contributed by atoms with van der Waals surface area (Å²) in [5.74, 6) is 5.55. The average molecular weight is 430 g/mol. The van der Waals surface area contributed by atoms with Crippen LogP contribution in [0.5, 0.6) is 0 Å². The predicted octanol–water partition coefficient (Wildman–Crippen LogP) is 6.40. The monoisotopic (exact) mass is 429 g/mol. The highest BCUT2D eigenvalue weighted by molar-refractivity contribution is 7.94. The van der Waals surface area contributed by atoms with Crippen LogP contribution < -0.4 is 0 Å². The summed E-state index contributed by atoms with van der Waals surface area (Å²) in [7, 11) is 0. The van der Waals surface area contributed by atoms with E-state index in [0.29, 0.717) is 16.5 Å². The molecule has 0 aromatic heterocycles. The van der Waals surface area contributed by atoms with Crippen molar-refractivity contribution in [2.45, 2.75) is 43.9 Å². The number of hydrogen-bond acceptors (Lipinski definition) is 4. The number of rotatable bonds is 7. The van der Waals surface area contributed by atoms with Gasteiger partial charge < -0.3 is 0 Å². The third-order valence-corrected chi connectivity index (χ3v) is 5.89. The molecule has 0 atom stereocenters. The number of nitrogens with zero attached hydrogens (tertiary/aromatic N) is 1. The molecule has 0 N–H and O–H groups in total. The van der Waals surface area contributed by atoms with Crippen LogP contribution in [0.1, 0.15) is 65.3 Å². The first-order chi connectivity index (χ1) is 15.2. The molecule has 156 valence electrons. The molecule has 2 amide bonds. The SMILES string of the molecule is CCCCCCC#Cc1ccc2c3c(cccc13)C(=O)N(OSc1ccccc1)C2=O. The lowest BCUT2D eigenvalue weighted by Crippen LogP contribution is -2.38. The molecule has 0 spiro atoms. The fourth-order valence-corrected chi connectivity index (χ4v) is 4.17. The Morgan fingerprint density at radius 2 is 1.65 bits per heavy atom. The highest BCUT2D eigenvalue weighted by atomic mass is 32.2. The van der Waals surface area contributed by atoms with Gasteiger partial charge in [0.25, 0.3) is 11.8 Å². The summed E-state index contributed by atoms with van der Waals surface area (Å²) in [4.78, 5) is 26.9. The van der Waals surface area contributed by atoms with E-state index < -0.39 is 11.8 Å². The Balaban J connectivity index is 1.60. The summed E-state index contributed by atoms with van der Waals surface area (Å²) in [6.07, 6.45) is 5.56. The third-order valence-electron chi connectivity index (χ3n) is 5.20. The van der Waals surface area contributed by atoms with Crippen molar-refractivity contribution >= 4 is 34.6 Å². The van der Waals surface area contributed by atoms with Gasteiger partial charge in [-0.1, -0.05) is 68.4 Å². The molecule has 0 saturated heterocycles. The minimum Gasteiger partial charge on any atom is -0.266 e. The van der Waals surface area contributed by atoms with E-state index in [0.717, 1.165) is 45.8 Å². The molecular formula is C26H23NO3S. The summed E-state index contributed by atoms with van der Waals surface area (Å²) in [5, 5.41) is 2.32. The fraction of sp³-hybridized carbons (Fsp3) is 0.231. The van der Waals surface area contributed by atoms with Crippen molar-refractivity contribution in [1.82, 2.24) is 5.06 Å². The van der Waals surface area contributed by atoms with Crippen LogP contribution in [-0.4, -0.2) is 16.9 Å². The molecule has 3 aromatic carbocycles. The van der Waals surface area contributed by atoms with E-state index in [4.69, 9.17) is 4.28 Å². The maximum atomic E-state index is 13.0. The minimum absolute atomic E-state index is 0.451. The van der Waals surface area contributed by atoms with E-state index >= 15 is 0 Å². The lowest BCUT2D eigenvalue weighted by atomic mass is 9.92. The molecule has 1 aliphatic rings. The van der Waals surface area contributed by atoms with Gasteiger partial charge in [0, 0.05) is 22.3 Å². The molecule has 31 heavy (non-hydrogen) atoms. The molecule has 4 rings (SSSR count). The van der Waals surface area contributed by atoms with Crippen molar-refractivity contribution in [2.24, 2.45) is 0 Å². The van der Waals surface area contributed by atoms with Crippen LogP contribution in [0.2, 0.25) is 0 Å². The Morgan fingerprint density at radius 1 is 0.871 bits per heavy atom. The first kappa shape index (κ1) is 21.2. The molecular weight excluding hydrogens is 406 g/mol. The standard InChI is InChI=1S/C26H23NO3S/c1-2-3-4-5-6-8-12-19-17-18-23-24-21(19)15-11-16-22(24)25(28)27(26(23)29)30-31-20-13-9-7-10-14-20/h7,9-11,13-18H,2-6H2,1H3. The van der Waals surface area contributed by atoms with Crippen LogP contribution in [0.25, 0.3) is 10.8 Å². The Morgan fingerprint density at radius 3 is 2.42 bits per heavy atom. The molecule has 4 nitrogen and oxygen atoms in total. The van der Waals surface area contributed by atoms with Crippen molar-refractivity contribution in [1.29, 1.82) is 0 Å². The van der Waals surface area contributed by atoms with Gasteiger partial charge in [-0.3, -0.25) is 9.59 Å². The van der Waals surface area contributed by atoms with E-state index in [1.54, 1.807) is 12.1 Å². The molecule has 1 heterocycles. The summed E-state index contributed by atoms with van der Waals surface area (Å²) >= 11 is 0.983. The van der Waals surface area contributed by atoms with Gasteiger partial charge in [-0.05, 0) is 42.1 Å². The molecule has 1 aliphatic heterocycles. The zero-order valence-electron chi connectivity index (χ0n) is 17.4. The number of imide groups is 1. The zero-order valence-corrected chi connectivity index (χ0v) is 18.2. The smallest absolute Gasteiger partial charge is 0.266 e. The van der Waals surface area contributed by atoms with E-state index in [1.807, 2.05) is 48.5 Å². The van der Waals surface area contributed by atoms with E-state index in [9.17, 15) is 9.59 Å². The van der Waals surface area contributed by atoms with Crippen LogP contribution in [-0.2, 0) is 4.28 Å². The maximum absolute atomic E-state index is 13.0. The molecule has 0 radical (unpaired) electrons. The molecule has 0 aliphatic carbocycles. The zero-order chi connectivity index (χ0) is 21.6. The van der Waals surface area contributed by atoms with Gasteiger partial charge in [-0.15, -0.1) is 5.06 Å². The number of hydroxylamine groups is 2. The average Bonchev–Trinajstić information content (AvgIpc) is 2.80. The number of carbonyl (C=O) groups is 2. The second-order valence-corrected chi connectivity index (χ2v) is 8.16. The van der Waals surface area contributed by atoms with Crippen LogP contribution in [0.4, 0.5) is 0 Å². The first-order valence-corrected chi connectivity index (χ1v) is 11.3. The number of hydrogen-bond donors (Lipinski definition) is 0. The van der Waals surface area contributed by atoms with Crippen LogP contribution in [0.15, 0.2) is 65.6 Å². The summed E-state index contributed by atoms with van der Waals surface area (Å²) < 4.78 is 5.55. The van der Waals surface area contributed by atoms with E-state index in [2.05, 4.69) is 18.8 Å². The van der Waals surface area contributed by atoms with Crippen LogP contribution >= 0.6 is 12.0 Å². The van der Waals surface area contributed by atoms with E-state index in [-0.39, 0.29) is 0 Å². The third kappa shape index (κ3) is 4.51. The van der Waals surface area contributed by atoms with Gasteiger partial charge in [0.15, 0.2) is 0 Å². The van der Waals surface area contributed by atoms with Crippen LogP contribution in [0.3, 0.4) is 0 Å². The molecule has 0 unspecified atom stereocenters. The maximum Gasteiger partial charge on any atom is 0.286 e. The number of carbonyl (C=O) groups excluding carboxylic acids is 2. The highest BCUT2D eigenvalue weighted by Crippen LogP contribution is 2.34. The molecule has 0 saturated carbocycles. The molecule has 5 heteroatoms. The first-order valence-electron chi connectivity index (χ1n) is 10.5. The van der Waals surface area contributed by atoms with Gasteiger partial charge in [0.2, 0.25) is 0 Å². The Bertz CT molecular complexity index is 1160. The second-order valence-electron chi connectivity index (χ2n) is 7.38. The quantitative estimate of drug-likeness (QED) is 0.189. The molecule has 0 bridgehead atoms. The van der Waals surface area contributed by atoms with Crippen molar-refractivity contribution in [2.75, 3.05) is 0 Å². The van der Waals surface area contributed by atoms with Gasteiger partial charge >= 0.3 is 0 Å². The van der Waals surface area contributed by atoms with Crippen molar-refractivity contribution in [3.63, 3.8) is 0 Å². The second kappa shape index (κ2) is 9.82. The van der Waals surface area contributed by atoms with Crippen molar-refractivity contribution in [3.8, 4) is 11.8 Å². The summed E-state index contributed by atoms with van der Waals surface area (Å²) in [6, 6.07) is 18.4. The topological polar surface area (TPSA) is 46.6 Å². The van der Waals surface area contributed by atoms with E-state index in [1.165, 1.54) is 19.3 Å². The van der Waals surface area contributed by atoms with Crippen LogP contribution in [0, 0.1) is 11.8 Å². The number of amides is 2. The van der Waals surface area contributed by atoms with Gasteiger partial charge in [0.1, 0.15) is 0 Å². The van der Waals surface area contributed by atoms with Gasteiger partial charge in [0.05, 0.1) is 23.2 Å². The number of unbranched alkanes of at least 4 members (excludes halogenated alkanes) is 4. The highest BCUT2D eigenvalue weighted by Gasteiger charge is 2.35.